The van der Waals surface area contributed by atoms with Crippen molar-refractivity contribution in [1.29, 1.82) is 0 Å². The number of aryl methyl sites for hydroxylation is 1. The van der Waals surface area contributed by atoms with Gasteiger partial charge in [-0.25, -0.2) is 4.98 Å². The van der Waals surface area contributed by atoms with Crippen LogP contribution in [-0.2, 0) is 6.54 Å². The van der Waals surface area contributed by atoms with E-state index in [4.69, 9.17) is 11.6 Å². The van der Waals surface area contributed by atoms with Crippen molar-refractivity contribution in [2.45, 2.75) is 33.4 Å². The Morgan fingerprint density at radius 2 is 2.17 bits per heavy atom. The van der Waals surface area contributed by atoms with Crippen LogP contribution in [0.1, 0.15) is 31.1 Å². The van der Waals surface area contributed by atoms with Crippen LogP contribution in [0.5, 0.6) is 0 Å². The van der Waals surface area contributed by atoms with E-state index >= 15 is 0 Å². The number of nitrogens with one attached hydrogen (secondary N) is 1. The second-order valence-electron chi connectivity index (χ2n) is 4.69. The van der Waals surface area contributed by atoms with E-state index in [1.54, 1.807) is 0 Å². The molecule has 0 saturated carbocycles. The number of hydrogen-bond acceptors (Lipinski definition) is 2. The Morgan fingerprint density at radius 3 is 2.83 bits per heavy atom. The van der Waals surface area contributed by atoms with E-state index in [0.29, 0.717) is 6.04 Å². The fourth-order valence-electron chi connectivity index (χ4n) is 1.87. The Hall–Kier alpha value is -1.48. The zero-order chi connectivity index (χ0) is 13.1. The molecule has 0 fully saturated rings. The third kappa shape index (κ3) is 3.05. The van der Waals surface area contributed by atoms with E-state index in [1.807, 2.05) is 31.2 Å². The van der Waals surface area contributed by atoms with Crippen LogP contribution < -0.4 is 5.32 Å². The van der Waals surface area contributed by atoms with Crippen LogP contribution >= 0.6 is 11.6 Å². The molecule has 0 bridgehead atoms. The number of aromatic nitrogens is 2. The van der Waals surface area contributed by atoms with Gasteiger partial charge in [0.25, 0.3) is 0 Å². The maximum absolute atomic E-state index is 5.96. The summed E-state index contributed by atoms with van der Waals surface area (Å²) in [7, 11) is 0. The molecule has 2 rings (SSSR count). The molecule has 0 aliphatic heterocycles. The van der Waals surface area contributed by atoms with Crippen LogP contribution in [0.25, 0.3) is 0 Å². The second-order valence-corrected chi connectivity index (χ2v) is 5.13. The predicted octanol–water partition coefficient (Wildman–Crippen LogP) is 4.04. The smallest absolute Gasteiger partial charge is 0.203 e. The van der Waals surface area contributed by atoms with Crippen molar-refractivity contribution >= 4 is 17.5 Å². The van der Waals surface area contributed by atoms with E-state index in [2.05, 4.69) is 34.9 Å². The molecule has 2 aromatic rings. The first-order valence-electron chi connectivity index (χ1n) is 6.10. The molecule has 4 heteroatoms. The maximum Gasteiger partial charge on any atom is 0.203 e. The number of hydrogen-bond donors (Lipinski definition) is 1. The third-order valence-corrected chi connectivity index (χ3v) is 2.98. The predicted molar refractivity (Wildman–Crippen MR) is 76.1 cm³/mol. The summed E-state index contributed by atoms with van der Waals surface area (Å²) in [6, 6.07) is 8.25. The van der Waals surface area contributed by atoms with Crippen LogP contribution in [0, 0.1) is 6.92 Å². The average Bonchev–Trinajstić information content (AvgIpc) is 2.68. The lowest BCUT2D eigenvalue weighted by atomic mass is 10.2. The van der Waals surface area contributed by atoms with Gasteiger partial charge in [0, 0.05) is 23.8 Å². The first-order valence-corrected chi connectivity index (χ1v) is 6.48. The molecule has 0 radical (unpaired) electrons. The summed E-state index contributed by atoms with van der Waals surface area (Å²) in [6.07, 6.45) is 2.06. The molecule has 3 nitrogen and oxygen atoms in total. The van der Waals surface area contributed by atoms with Crippen molar-refractivity contribution in [2.75, 3.05) is 5.32 Å². The molecule has 0 saturated heterocycles. The van der Waals surface area contributed by atoms with Gasteiger partial charge in [-0.1, -0.05) is 23.7 Å². The normalized spacial score (nSPS) is 10.9. The molecule has 96 valence electrons. The third-order valence-electron chi connectivity index (χ3n) is 2.75. The highest BCUT2D eigenvalue weighted by Crippen LogP contribution is 2.17. The minimum Gasteiger partial charge on any atom is -0.352 e. The standard InChI is InChI=1S/C14H18ClN3/c1-10(2)18-9-11(3)17-14(18)16-8-12-5-4-6-13(15)7-12/h4-7,9-10H,8H2,1-3H3,(H,16,17). The molecular formula is C14H18ClN3. The van der Waals surface area contributed by atoms with E-state index < -0.39 is 0 Å². The SMILES string of the molecule is Cc1cn(C(C)C)c(NCc2cccc(Cl)c2)n1. The highest BCUT2D eigenvalue weighted by Gasteiger charge is 2.07. The van der Waals surface area contributed by atoms with Gasteiger partial charge in [0.1, 0.15) is 0 Å². The average molecular weight is 264 g/mol. The highest BCUT2D eigenvalue weighted by molar-refractivity contribution is 6.30. The number of benzene rings is 1. The number of halogens is 1. The quantitative estimate of drug-likeness (QED) is 0.902. The van der Waals surface area contributed by atoms with Crippen molar-refractivity contribution in [3.8, 4) is 0 Å². The molecule has 18 heavy (non-hydrogen) atoms. The lowest BCUT2D eigenvalue weighted by molar-refractivity contribution is 0.604. The highest BCUT2D eigenvalue weighted by atomic mass is 35.5. The fraction of sp³-hybridized carbons (Fsp3) is 0.357. The minimum atomic E-state index is 0.396. The molecular weight excluding hydrogens is 246 g/mol. The van der Waals surface area contributed by atoms with Crippen LogP contribution in [-0.4, -0.2) is 9.55 Å². The topological polar surface area (TPSA) is 29.9 Å². The van der Waals surface area contributed by atoms with E-state index in [-0.39, 0.29) is 0 Å². The number of anilines is 1. The summed E-state index contributed by atoms with van der Waals surface area (Å²) >= 11 is 5.96. The van der Waals surface area contributed by atoms with Crippen molar-refractivity contribution < 1.29 is 0 Å². The number of imidazole rings is 1. The first-order chi connectivity index (χ1) is 8.56. The molecule has 0 spiro atoms. The Bertz CT molecular complexity index is 532. The van der Waals surface area contributed by atoms with Gasteiger partial charge in [-0.05, 0) is 38.5 Å². The Morgan fingerprint density at radius 1 is 1.39 bits per heavy atom. The van der Waals surface area contributed by atoms with Crippen LogP contribution in [0.15, 0.2) is 30.5 Å². The van der Waals surface area contributed by atoms with Gasteiger partial charge >= 0.3 is 0 Å². The summed E-state index contributed by atoms with van der Waals surface area (Å²) in [6.45, 7) is 7.02. The Balaban J connectivity index is 2.10. The van der Waals surface area contributed by atoms with Crippen LogP contribution in [0.4, 0.5) is 5.95 Å². The summed E-state index contributed by atoms with van der Waals surface area (Å²) in [4.78, 5) is 4.49. The zero-order valence-corrected chi connectivity index (χ0v) is 11.7. The molecule has 1 N–H and O–H groups in total. The summed E-state index contributed by atoms with van der Waals surface area (Å²) in [5.41, 5.74) is 2.18. The van der Waals surface area contributed by atoms with Gasteiger partial charge in [-0.2, -0.15) is 0 Å². The second kappa shape index (κ2) is 5.44. The van der Waals surface area contributed by atoms with E-state index in [9.17, 15) is 0 Å². The first kappa shape index (κ1) is 13.0. The largest absolute Gasteiger partial charge is 0.352 e. The molecule has 1 heterocycles. The van der Waals surface area contributed by atoms with Crippen LogP contribution in [0.2, 0.25) is 5.02 Å². The lowest BCUT2D eigenvalue weighted by Crippen LogP contribution is -2.08. The molecule has 1 aromatic heterocycles. The number of nitrogens with zero attached hydrogens (tertiary/aromatic N) is 2. The molecule has 0 unspecified atom stereocenters. The van der Waals surface area contributed by atoms with Gasteiger partial charge < -0.3 is 9.88 Å². The van der Waals surface area contributed by atoms with Gasteiger partial charge in [0.2, 0.25) is 5.95 Å². The summed E-state index contributed by atoms with van der Waals surface area (Å²) < 4.78 is 2.14. The Kier molecular flexibility index (Phi) is 3.92. The fourth-order valence-corrected chi connectivity index (χ4v) is 2.08. The van der Waals surface area contributed by atoms with Crippen molar-refractivity contribution in [2.24, 2.45) is 0 Å². The van der Waals surface area contributed by atoms with Gasteiger partial charge in [-0.15, -0.1) is 0 Å². The molecule has 0 atom stereocenters. The van der Waals surface area contributed by atoms with Gasteiger partial charge in [0.05, 0.1) is 5.69 Å². The zero-order valence-electron chi connectivity index (χ0n) is 10.9. The molecule has 0 aliphatic rings. The van der Waals surface area contributed by atoms with Gasteiger partial charge in [-0.3, -0.25) is 0 Å². The summed E-state index contributed by atoms with van der Waals surface area (Å²) in [5, 5.41) is 4.11. The van der Waals surface area contributed by atoms with Crippen molar-refractivity contribution in [3.63, 3.8) is 0 Å². The summed E-state index contributed by atoms with van der Waals surface area (Å²) in [5.74, 6) is 0.905. The lowest BCUT2D eigenvalue weighted by Gasteiger charge is -2.12. The van der Waals surface area contributed by atoms with Crippen molar-refractivity contribution in [1.82, 2.24) is 9.55 Å². The maximum atomic E-state index is 5.96. The Labute approximate surface area is 113 Å². The monoisotopic (exact) mass is 263 g/mol. The molecule has 0 amide bonds. The van der Waals surface area contributed by atoms with Crippen LogP contribution in [0.3, 0.4) is 0 Å². The van der Waals surface area contributed by atoms with E-state index in [1.165, 1.54) is 0 Å². The number of rotatable bonds is 4. The van der Waals surface area contributed by atoms with Gasteiger partial charge in [0.15, 0.2) is 0 Å². The minimum absolute atomic E-state index is 0.396. The molecule has 1 aromatic carbocycles. The van der Waals surface area contributed by atoms with E-state index in [0.717, 1.165) is 28.8 Å². The van der Waals surface area contributed by atoms with Crippen molar-refractivity contribution in [3.05, 3.63) is 46.7 Å². The molecule has 0 aliphatic carbocycles.